The maximum atomic E-state index is 5.85. The number of rotatable bonds is 2. The highest BCUT2D eigenvalue weighted by molar-refractivity contribution is 5.12. The van der Waals surface area contributed by atoms with Crippen LogP contribution >= 0.6 is 0 Å². The lowest BCUT2D eigenvalue weighted by Gasteiger charge is -2.56. The summed E-state index contributed by atoms with van der Waals surface area (Å²) in [5.41, 5.74) is 0.351. The molecule has 0 amide bonds. The van der Waals surface area contributed by atoms with Gasteiger partial charge in [-0.3, -0.25) is 0 Å². The molecule has 1 saturated heterocycles. The SMILES string of the molecule is CC1CCCC1NC1C2CCOC2C1(C)C. The van der Waals surface area contributed by atoms with E-state index in [1.54, 1.807) is 0 Å². The summed E-state index contributed by atoms with van der Waals surface area (Å²) in [5.74, 6) is 1.67. The second-order valence-corrected chi connectivity index (χ2v) is 6.72. The minimum Gasteiger partial charge on any atom is -0.377 e. The number of nitrogens with one attached hydrogen (secondary N) is 1. The van der Waals surface area contributed by atoms with Gasteiger partial charge in [0.1, 0.15) is 0 Å². The number of fused-ring (bicyclic) bond motifs is 1. The molecule has 2 nitrogen and oxygen atoms in total. The number of hydrogen-bond acceptors (Lipinski definition) is 2. The van der Waals surface area contributed by atoms with Crippen LogP contribution in [-0.2, 0) is 4.74 Å². The Hall–Kier alpha value is -0.0800. The predicted octanol–water partition coefficient (Wildman–Crippen LogP) is 2.58. The molecule has 0 aromatic heterocycles. The summed E-state index contributed by atoms with van der Waals surface area (Å²) in [7, 11) is 0. The van der Waals surface area contributed by atoms with Crippen LogP contribution in [-0.4, -0.2) is 24.8 Å². The first kappa shape index (κ1) is 11.0. The fourth-order valence-electron chi connectivity index (χ4n) is 4.29. The molecule has 16 heavy (non-hydrogen) atoms. The Bertz CT molecular complexity index is 276. The van der Waals surface area contributed by atoms with Gasteiger partial charge in [0.25, 0.3) is 0 Å². The van der Waals surface area contributed by atoms with Crippen molar-refractivity contribution in [1.82, 2.24) is 5.32 Å². The molecular weight excluding hydrogens is 198 g/mol. The van der Waals surface area contributed by atoms with Crippen molar-refractivity contribution in [3.8, 4) is 0 Å². The molecule has 1 N–H and O–H groups in total. The van der Waals surface area contributed by atoms with E-state index in [1.807, 2.05) is 0 Å². The fraction of sp³-hybridized carbons (Fsp3) is 1.00. The Morgan fingerprint density at radius 3 is 2.69 bits per heavy atom. The van der Waals surface area contributed by atoms with Crippen LogP contribution in [0.4, 0.5) is 0 Å². The fourth-order valence-corrected chi connectivity index (χ4v) is 4.29. The van der Waals surface area contributed by atoms with Crippen LogP contribution in [0.3, 0.4) is 0 Å². The highest BCUT2D eigenvalue weighted by Crippen LogP contribution is 2.52. The van der Waals surface area contributed by atoms with Crippen molar-refractivity contribution in [1.29, 1.82) is 0 Å². The lowest BCUT2D eigenvalue weighted by molar-refractivity contribution is -0.116. The zero-order valence-corrected chi connectivity index (χ0v) is 10.8. The second kappa shape index (κ2) is 3.71. The van der Waals surface area contributed by atoms with Gasteiger partial charge in [-0.15, -0.1) is 0 Å². The van der Waals surface area contributed by atoms with Crippen LogP contribution in [0.25, 0.3) is 0 Å². The molecule has 5 atom stereocenters. The zero-order valence-electron chi connectivity index (χ0n) is 10.8. The van der Waals surface area contributed by atoms with Crippen LogP contribution in [0, 0.1) is 17.3 Å². The van der Waals surface area contributed by atoms with E-state index in [2.05, 4.69) is 26.1 Å². The van der Waals surface area contributed by atoms with Gasteiger partial charge in [-0.1, -0.05) is 27.2 Å². The summed E-state index contributed by atoms with van der Waals surface area (Å²) in [4.78, 5) is 0. The molecule has 2 saturated carbocycles. The van der Waals surface area contributed by atoms with Crippen LogP contribution in [0.2, 0.25) is 0 Å². The van der Waals surface area contributed by atoms with Crippen molar-refractivity contribution in [2.24, 2.45) is 17.3 Å². The van der Waals surface area contributed by atoms with Gasteiger partial charge in [0.2, 0.25) is 0 Å². The molecule has 3 fully saturated rings. The van der Waals surface area contributed by atoms with Crippen molar-refractivity contribution in [2.45, 2.75) is 64.6 Å². The molecule has 1 heterocycles. The molecule has 0 radical (unpaired) electrons. The van der Waals surface area contributed by atoms with E-state index in [4.69, 9.17) is 4.74 Å². The van der Waals surface area contributed by atoms with Crippen LogP contribution < -0.4 is 5.32 Å². The molecule has 3 rings (SSSR count). The smallest absolute Gasteiger partial charge is 0.0685 e. The average Bonchev–Trinajstić information content (AvgIpc) is 2.82. The largest absolute Gasteiger partial charge is 0.377 e. The molecule has 0 aromatic carbocycles. The first-order chi connectivity index (χ1) is 7.60. The van der Waals surface area contributed by atoms with Crippen molar-refractivity contribution in [3.05, 3.63) is 0 Å². The van der Waals surface area contributed by atoms with Crippen LogP contribution in [0.5, 0.6) is 0 Å². The van der Waals surface area contributed by atoms with Crippen molar-refractivity contribution >= 4 is 0 Å². The summed E-state index contributed by atoms with van der Waals surface area (Å²) < 4.78 is 5.85. The van der Waals surface area contributed by atoms with Gasteiger partial charge < -0.3 is 10.1 Å². The highest BCUT2D eigenvalue weighted by atomic mass is 16.5. The molecule has 2 heteroatoms. The normalized spacial score (nSPS) is 50.1. The monoisotopic (exact) mass is 223 g/mol. The first-order valence-electron chi connectivity index (χ1n) is 6.98. The lowest BCUT2D eigenvalue weighted by Crippen LogP contribution is -2.67. The second-order valence-electron chi connectivity index (χ2n) is 6.72. The van der Waals surface area contributed by atoms with Crippen LogP contribution in [0.1, 0.15) is 46.5 Å². The summed E-state index contributed by atoms with van der Waals surface area (Å²) in [5, 5.41) is 3.95. The molecule has 2 aliphatic carbocycles. The van der Waals surface area contributed by atoms with E-state index >= 15 is 0 Å². The molecule has 0 aromatic rings. The number of ether oxygens (including phenoxy) is 1. The summed E-state index contributed by atoms with van der Waals surface area (Å²) >= 11 is 0. The Kier molecular flexibility index (Phi) is 2.56. The van der Waals surface area contributed by atoms with Gasteiger partial charge in [-0.25, -0.2) is 0 Å². The minimum atomic E-state index is 0.351. The molecule has 5 unspecified atom stereocenters. The van der Waals surface area contributed by atoms with E-state index in [0.717, 1.165) is 24.5 Å². The topological polar surface area (TPSA) is 21.3 Å². The molecule has 3 aliphatic rings. The van der Waals surface area contributed by atoms with E-state index < -0.39 is 0 Å². The van der Waals surface area contributed by atoms with Crippen molar-refractivity contribution in [3.63, 3.8) is 0 Å². The maximum Gasteiger partial charge on any atom is 0.0685 e. The summed E-state index contributed by atoms with van der Waals surface area (Å²) in [6, 6.07) is 1.47. The van der Waals surface area contributed by atoms with E-state index in [0.29, 0.717) is 17.6 Å². The van der Waals surface area contributed by atoms with Gasteiger partial charge in [0, 0.05) is 30.0 Å². The standard InChI is InChI=1S/C14H25NO/c1-9-5-4-6-11(9)15-12-10-7-8-16-13(10)14(12,2)3/h9-13,15H,4-8H2,1-3H3. The third kappa shape index (κ3) is 1.46. The van der Waals surface area contributed by atoms with Gasteiger partial charge in [0.15, 0.2) is 0 Å². The average molecular weight is 223 g/mol. The molecule has 0 bridgehead atoms. The van der Waals surface area contributed by atoms with E-state index in [9.17, 15) is 0 Å². The van der Waals surface area contributed by atoms with Crippen molar-refractivity contribution < 1.29 is 4.74 Å². The Morgan fingerprint density at radius 1 is 1.19 bits per heavy atom. The van der Waals surface area contributed by atoms with Gasteiger partial charge in [-0.05, 0) is 25.2 Å². The van der Waals surface area contributed by atoms with E-state index in [-0.39, 0.29) is 0 Å². The quantitative estimate of drug-likeness (QED) is 0.777. The highest BCUT2D eigenvalue weighted by Gasteiger charge is 2.59. The third-order valence-corrected chi connectivity index (χ3v) is 5.36. The Labute approximate surface area is 99.1 Å². The predicted molar refractivity (Wildman–Crippen MR) is 65.4 cm³/mol. The van der Waals surface area contributed by atoms with Gasteiger partial charge in [0.05, 0.1) is 6.10 Å². The van der Waals surface area contributed by atoms with Gasteiger partial charge >= 0.3 is 0 Å². The number of hydrogen-bond donors (Lipinski definition) is 1. The Morgan fingerprint density at radius 2 is 2.00 bits per heavy atom. The molecule has 1 aliphatic heterocycles. The summed E-state index contributed by atoms with van der Waals surface area (Å²) in [6.07, 6.45) is 6.01. The summed E-state index contributed by atoms with van der Waals surface area (Å²) in [6.45, 7) is 8.13. The molecule has 0 spiro atoms. The third-order valence-electron chi connectivity index (χ3n) is 5.36. The van der Waals surface area contributed by atoms with Gasteiger partial charge in [-0.2, -0.15) is 0 Å². The lowest BCUT2D eigenvalue weighted by atomic mass is 9.57. The van der Waals surface area contributed by atoms with Crippen LogP contribution in [0.15, 0.2) is 0 Å². The Balaban J connectivity index is 1.66. The van der Waals surface area contributed by atoms with E-state index in [1.165, 1.54) is 25.7 Å². The minimum absolute atomic E-state index is 0.351. The molecular formula is C14H25NO. The molecule has 92 valence electrons. The van der Waals surface area contributed by atoms with Crippen molar-refractivity contribution in [2.75, 3.05) is 6.61 Å². The first-order valence-corrected chi connectivity index (χ1v) is 6.98. The maximum absolute atomic E-state index is 5.85. The zero-order chi connectivity index (χ0) is 11.3.